The third-order valence-corrected chi connectivity index (χ3v) is 10.0. The quantitative estimate of drug-likeness (QED) is 0.157. The lowest BCUT2D eigenvalue weighted by Crippen LogP contribution is -2.26. The molecule has 0 amide bonds. The van der Waals surface area contributed by atoms with Crippen molar-refractivity contribution in [3.05, 3.63) is 145 Å². The SMILES string of the molecule is CCCCc1ccc2c(c1)[C]=c1c-2cc(=C(c2ccc(C)cc2)c2ccc(C)cc2)c(CCCC)c1C1=CC(C(C)(C)C)=CC1C. The Bertz CT molecular complexity index is 1890. The molecule has 0 spiro atoms. The van der Waals surface area contributed by atoms with E-state index in [4.69, 9.17) is 0 Å². The van der Waals surface area contributed by atoms with E-state index in [-0.39, 0.29) is 5.41 Å². The van der Waals surface area contributed by atoms with Gasteiger partial charge in [-0.25, -0.2) is 0 Å². The van der Waals surface area contributed by atoms with Gasteiger partial charge in [-0.1, -0.05) is 144 Å². The van der Waals surface area contributed by atoms with Crippen LogP contribution in [0.5, 0.6) is 0 Å². The summed E-state index contributed by atoms with van der Waals surface area (Å²) in [5.41, 5.74) is 17.7. The van der Waals surface area contributed by atoms with Crippen molar-refractivity contribution in [3.8, 4) is 11.1 Å². The highest BCUT2D eigenvalue weighted by molar-refractivity contribution is 5.91. The van der Waals surface area contributed by atoms with Crippen molar-refractivity contribution in [2.24, 2.45) is 11.3 Å². The highest BCUT2D eigenvalue weighted by Crippen LogP contribution is 2.41. The zero-order chi connectivity index (χ0) is 32.6. The smallest absolute Gasteiger partial charge is 0.000195 e. The van der Waals surface area contributed by atoms with Gasteiger partial charge in [0.15, 0.2) is 0 Å². The number of allylic oxidation sites excluding steroid dienone is 4. The first-order chi connectivity index (χ1) is 22.1. The lowest BCUT2D eigenvalue weighted by Gasteiger charge is -2.21. The zero-order valence-electron chi connectivity index (χ0n) is 29.4. The van der Waals surface area contributed by atoms with E-state index in [1.54, 1.807) is 0 Å². The molecule has 0 aromatic heterocycles. The van der Waals surface area contributed by atoms with Crippen LogP contribution in [0.2, 0.25) is 0 Å². The van der Waals surface area contributed by atoms with Gasteiger partial charge in [-0.2, -0.15) is 0 Å². The van der Waals surface area contributed by atoms with E-state index < -0.39 is 0 Å². The van der Waals surface area contributed by atoms with Crippen molar-refractivity contribution in [1.82, 2.24) is 0 Å². The Labute approximate surface area is 278 Å². The summed E-state index contributed by atoms with van der Waals surface area (Å²) >= 11 is 0. The minimum absolute atomic E-state index is 0.103. The minimum atomic E-state index is 0.103. The molecule has 1 atom stereocenters. The van der Waals surface area contributed by atoms with Gasteiger partial charge in [-0.3, -0.25) is 0 Å². The van der Waals surface area contributed by atoms with Crippen molar-refractivity contribution < 1.29 is 0 Å². The van der Waals surface area contributed by atoms with Crippen LogP contribution in [-0.2, 0) is 12.8 Å². The van der Waals surface area contributed by atoms with Crippen LogP contribution < -0.4 is 10.4 Å². The van der Waals surface area contributed by atoms with Crippen molar-refractivity contribution in [2.75, 3.05) is 0 Å². The molecule has 0 fully saturated rings. The van der Waals surface area contributed by atoms with Crippen LogP contribution >= 0.6 is 0 Å². The first-order valence-electron chi connectivity index (χ1n) is 17.6. The molecule has 4 aromatic rings. The van der Waals surface area contributed by atoms with Gasteiger partial charge in [0.1, 0.15) is 0 Å². The fourth-order valence-electron chi connectivity index (χ4n) is 7.21. The molecule has 2 aliphatic rings. The van der Waals surface area contributed by atoms with Crippen molar-refractivity contribution in [2.45, 2.75) is 93.9 Å². The van der Waals surface area contributed by atoms with E-state index in [1.165, 1.54) is 95.6 Å². The first-order valence-corrected chi connectivity index (χ1v) is 17.6. The fraction of sp³-hybridized carbons (Fsp3) is 0.348. The number of unbranched alkanes of at least 4 members (excludes halogenated alkanes) is 2. The Morgan fingerprint density at radius 3 is 1.91 bits per heavy atom. The first kappa shape index (κ1) is 32.1. The standard InChI is InChI=1S/C46H51/c1-9-11-13-33-19-24-38-36(26-33)27-42-41(38)29-43(44(34-20-15-30(3)16-21-34)35-22-17-31(4)18-23-35)39(14-12-10-2)45(42)40-28-37(25-32(40)5)46(6,7)8/h15-26,28-29,32H,9-14H2,1-8H3. The largest absolute Gasteiger partial charge is 0.0735 e. The average Bonchev–Trinajstić information content (AvgIpc) is 3.60. The van der Waals surface area contributed by atoms with E-state index in [1.807, 2.05) is 0 Å². The van der Waals surface area contributed by atoms with Crippen LogP contribution in [0.3, 0.4) is 0 Å². The average molecular weight is 604 g/mol. The molecule has 6 rings (SSSR count). The number of aryl methyl sites for hydroxylation is 3. The topological polar surface area (TPSA) is 0 Å². The summed E-state index contributed by atoms with van der Waals surface area (Å²) in [7, 11) is 0. The van der Waals surface area contributed by atoms with Crippen LogP contribution in [0.25, 0.3) is 28.3 Å². The van der Waals surface area contributed by atoms with E-state index in [2.05, 4.69) is 146 Å². The third-order valence-electron chi connectivity index (χ3n) is 10.0. The molecule has 4 aromatic carbocycles. The van der Waals surface area contributed by atoms with Gasteiger partial charge in [0.05, 0.1) is 0 Å². The Morgan fingerprint density at radius 2 is 1.35 bits per heavy atom. The maximum Gasteiger partial charge on any atom is 0.000195 e. The van der Waals surface area contributed by atoms with Crippen LogP contribution in [0.4, 0.5) is 0 Å². The summed E-state index contributed by atoms with van der Waals surface area (Å²) < 4.78 is 0. The monoisotopic (exact) mass is 603 g/mol. The number of hydrogen-bond donors (Lipinski definition) is 0. The van der Waals surface area contributed by atoms with Crippen LogP contribution in [0, 0.1) is 25.2 Å². The maximum absolute atomic E-state index is 4.02. The predicted octanol–water partition coefficient (Wildman–Crippen LogP) is 10.9. The molecule has 1 radical (unpaired) electrons. The Balaban J connectivity index is 1.76. The summed E-state index contributed by atoms with van der Waals surface area (Å²) in [5.74, 6) is 0.349. The summed E-state index contributed by atoms with van der Waals surface area (Å²) in [5, 5.41) is 2.67. The zero-order valence-corrected chi connectivity index (χ0v) is 29.4. The molecule has 0 saturated heterocycles. The molecule has 0 nitrogen and oxygen atoms in total. The summed E-state index contributed by atoms with van der Waals surface area (Å²) in [4.78, 5) is 0. The molecule has 0 heteroatoms. The number of benzene rings is 4. The lowest BCUT2D eigenvalue weighted by atomic mass is 9.83. The maximum atomic E-state index is 4.02. The van der Waals surface area contributed by atoms with E-state index in [9.17, 15) is 0 Å². The molecule has 46 heavy (non-hydrogen) atoms. The van der Waals surface area contributed by atoms with Gasteiger partial charge in [0.25, 0.3) is 0 Å². The number of hydrogen-bond acceptors (Lipinski definition) is 0. The van der Waals surface area contributed by atoms with Crippen molar-refractivity contribution >= 4 is 17.2 Å². The van der Waals surface area contributed by atoms with Crippen molar-refractivity contribution in [3.63, 3.8) is 0 Å². The molecule has 0 heterocycles. The third kappa shape index (κ3) is 6.24. The highest BCUT2D eigenvalue weighted by Gasteiger charge is 2.29. The van der Waals surface area contributed by atoms with Gasteiger partial charge in [-0.05, 0) is 129 Å². The second-order valence-electron chi connectivity index (χ2n) is 14.8. The second kappa shape index (κ2) is 13.1. The highest BCUT2D eigenvalue weighted by atomic mass is 14.3. The number of fused-ring (bicyclic) bond motifs is 3. The fourth-order valence-corrected chi connectivity index (χ4v) is 7.21. The van der Waals surface area contributed by atoms with Crippen molar-refractivity contribution in [1.29, 1.82) is 0 Å². The van der Waals surface area contributed by atoms with Gasteiger partial charge in [-0.15, -0.1) is 0 Å². The molecule has 0 aliphatic heterocycles. The minimum Gasteiger partial charge on any atom is -0.0735 e. The molecule has 0 saturated carbocycles. The lowest BCUT2D eigenvalue weighted by molar-refractivity contribution is 0.516. The Hall–Kier alpha value is -3.90. The van der Waals surface area contributed by atoms with E-state index >= 15 is 0 Å². The molecule has 235 valence electrons. The van der Waals surface area contributed by atoms with Gasteiger partial charge < -0.3 is 0 Å². The van der Waals surface area contributed by atoms with Gasteiger partial charge in [0, 0.05) is 5.92 Å². The normalized spacial score (nSPS) is 15.3. The van der Waals surface area contributed by atoms with Crippen LogP contribution in [0.15, 0.2) is 90.5 Å². The summed E-state index contributed by atoms with van der Waals surface area (Å²) in [6, 6.07) is 28.0. The van der Waals surface area contributed by atoms with E-state index in [0.717, 1.165) is 25.7 Å². The van der Waals surface area contributed by atoms with E-state index in [0.29, 0.717) is 5.92 Å². The molecular weight excluding hydrogens is 553 g/mol. The van der Waals surface area contributed by atoms with Crippen LogP contribution in [0.1, 0.15) is 112 Å². The molecule has 0 bridgehead atoms. The van der Waals surface area contributed by atoms with Crippen LogP contribution in [-0.4, -0.2) is 0 Å². The summed E-state index contributed by atoms with van der Waals surface area (Å²) in [6.07, 6.45) is 16.0. The Morgan fingerprint density at radius 1 is 0.739 bits per heavy atom. The molecule has 2 aliphatic carbocycles. The van der Waals surface area contributed by atoms with Gasteiger partial charge >= 0.3 is 0 Å². The Kier molecular flexibility index (Phi) is 9.11. The number of rotatable bonds is 9. The molecule has 1 unspecified atom stereocenters. The predicted molar refractivity (Wildman–Crippen MR) is 200 cm³/mol. The summed E-state index contributed by atoms with van der Waals surface area (Å²) in [6.45, 7) is 18.4. The van der Waals surface area contributed by atoms with Gasteiger partial charge in [0.2, 0.25) is 0 Å². The second-order valence-corrected chi connectivity index (χ2v) is 14.8. The molecule has 0 N–H and O–H groups in total. The molecular formula is C46H51.